The molecule has 4 nitrogen and oxygen atoms in total. The summed E-state index contributed by atoms with van der Waals surface area (Å²) in [6, 6.07) is 3.06. The van der Waals surface area contributed by atoms with Gasteiger partial charge in [-0.05, 0) is 50.3 Å². The summed E-state index contributed by atoms with van der Waals surface area (Å²) in [6.07, 6.45) is 1.93. The maximum Gasteiger partial charge on any atom is 0.244 e. The molecule has 1 heterocycles. The molecule has 1 aliphatic rings. The summed E-state index contributed by atoms with van der Waals surface area (Å²) in [6.45, 7) is 6.38. The summed E-state index contributed by atoms with van der Waals surface area (Å²) in [5.41, 5.74) is 7.07. The van der Waals surface area contributed by atoms with Crippen molar-refractivity contribution >= 4 is 27.3 Å². The van der Waals surface area contributed by atoms with Crippen molar-refractivity contribution in [1.82, 2.24) is 4.31 Å². The Bertz CT molecular complexity index is 616. The van der Waals surface area contributed by atoms with Gasteiger partial charge in [0.2, 0.25) is 10.0 Å². The second-order valence-electron chi connectivity index (χ2n) is 5.62. The molecule has 2 N–H and O–H groups in total. The van der Waals surface area contributed by atoms with E-state index in [4.69, 9.17) is 17.3 Å². The minimum absolute atomic E-state index is 0.0210. The van der Waals surface area contributed by atoms with Crippen LogP contribution in [-0.4, -0.2) is 25.3 Å². The predicted octanol–water partition coefficient (Wildman–Crippen LogP) is 3.04. The number of aryl methyl sites for hydroxylation is 1. The third-order valence-electron chi connectivity index (χ3n) is 4.22. The van der Waals surface area contributed by atoms with E-state index in [1.807, 2.05) is 13.8 Å². The third kappa shape index (κ3) is 2.67. The molecule has 0 bridgehead atoms. The minimum Gasteiger partial charge on any atom is -0.398 e. The Hall–Kier alpha value is -0.780. The van der Waals surface area contributed by atoms with E-state index in [0.717, 1.165) is 18.4 Å². The fraction of sp³-hybridized carbons (Fsp3) is 0.571. The molecule has 2 atom stereocenters. The van der Waals surface area contributed by atoms with E-state index in [0.29, 0.717) is 18.2 Å². The molecular formula is C14H21ClN2O2S. The Balaban J connectivity index is 2.47. The van der Waals surface area contributed by atoms with Crippen molar-refractivity contribution in [3.05, 3.63) is 22.7 Å². The Morgan fingerprint density at radius 2 is 2.00 bits per heavy atom. The first-order valence-corrected chi connectivity index (χ1v) is 8.64. The smallest absolute Gasteiger partial charge is 0.244 e. The average Bonchev–Trinajstić information content (AvgIpc) is 2.36. The molecule has 20 heavy (non-hydrogen) atoms. The average molecular weight is 317 g/mol. The number of rotatable bonds is 2. The molecule has 0 aromatic heterocycles. The molecule has 1 aliphatic heterocycles. The summed E-state index contributed by atoms with van der Waals surface area (Å²) in [5, 5.41) is 0.238. The van der Waals surface area contributed by atoms with E-state index in [-0.39, 0.29) is 16.0 Å². The van der Waals surface area contributed by atoms with E-state index in [2.05, 4.69) is 6.92 Å². The van der Waals surface area contributed by atoms with Gasteiger partial charge in [0.05, 0.1) is 5.02 Å². The van der Waals surface area contributed by atoms with Crippen molar-refractivity contribution in [1.29, 1.82) is 0 Å². The molecular weight excluding hydrogens is 296 g/mol. The fourth-order valence-corrected chi connectivity index (χ4v) is 4.99. The first-order valence-electron chi connectivity index (χ1n) is 6.82. The maximum atomic E-state index is 12.8. The largest absolute Gasteiger partial charge is 0.398 e. The van der Waals surface area contributed by atoms with Gasteiger partial charge in [0.25, 0.3) is 0 Å². The zero-order valence-corrected chi connectivity index (χ0v) is 13.6. The van der Waals surface area contributed by atoms with Crippen LogP contribution < -0.4 is 5.73 Å². The highest BCUT2D eigenvalue weighted by Crippen LogP contribution is 2.33. The van der Waals surface area contributed by atoms with Crippen LogP contribution in [0.2, 0.25) is 5.02 Å². The van der Waals surface area contributed by atoms with Crippen molar-refractivity contribution in [3.63, 3.8) is 0 Å². The standard InChI is InChI=1S/C14H21ClN2O2S/c1-9-5-4-6-17(11(9)3)20(18,19)14-8-13(16)10(2)7-12(14)15/h7-9,11H,4-6,16H2,1-3H3. The van der Waals surface area contributed by atoms with Crippen molar-refractivity contribution in [2.75, 3.05) is 12.3 Å². The van der Waals surface area contributed by atoms with Crippen molar-refractivity contribution in [2.45, 2.75) is 44.6 Å². The molecule has 1 aromatic rings. The summed E-state index contributed by atoms with van der Waals surface area (Å²) in [4.78, 5) is 0.114. The van der Waals surface area contributed by atoms with Gasteiger partial charge in [-0.1, -0.05) is 18.5 Å². The number of hydrogen-bond donors (Lipinski definition) is 1. The highest BCUT2D eigenvalue weighted by atomic mass is 35.5. The number of nitrogens with zero attached hydrogens (tertiary/aromatic N) is 1. The summed E-state index contributed by atoms with van der Waals surface area (Å²) >= 11 is 6.13. The molecule has 112 valence electrons. The number of anilines is 1. The SMILES string of the molecule is Cc1cc(Cl)c(S(=O)(=O)N2CCCC(C)C2C)cc1N. The summed E-state index contributed by atoms with van der Waals surface area (Å²) in [5.74, 6) is 0.347. The van der Waals surface area contributed by atoms with Gasteiger partial charge in [0, 0.05) is 18.3 Å². The quantitative estimate of drug-likeness (QED) is 0.853. The molecule has 6 heteroatoms. The van der Waals surface area contributed by atoms with Crippen LogP contribution >= 0.6 is 11.6 Å². The normalized spacial score (nSPS) is 24.8. The first kappa shape index (κ1) is 15.6. The monoisotopic (exact) mass is 316 g/mol. The van der Waals surface area contributed by atoms with Gasteiger partial charge >= 0.3 is 0 Å². The van der Waals surface area contributed by atoms with E-state index >= 15 is 0 Å². The molecule has 1 aromatic carbocycles. The third-order valence-corrected chi connectivity index (χ3v) is 6.67. The number of nitrogens with two attached hydrogens (primary N) is 1. The summed E-state index contributed by atoms with van der Waals surface area (Å²) in [7, 11) is -3.59. The Morgan fingerprint density at radius 3 is 2.65 bits per heavy atom. The van der Waals surface area contributed by atoms with E-state index in [1.54, 1.807) is 10.4 Å². The molecule has 0 spiro atoms. The van der Waals surface area contributed by atoms with Gasteiger partial charge in [-0.15, -0.1) is 0 Å². The number of halogens is 1. The van der Waals surface area contributed by atoms with Crippen molar-refractivity contribution in [2.24, 2.45) is 5.92 Å². The van der Waals surface area contributed by atoms with Crippen LogP contribution in [0.4, 0.5) is 5.69 Å². The molecule has 0 radical (unpaired) electrons. The van der Waals surface area contributed by atoms with Crippen LogP contribution in [0.5, 0.6) is 0 Å². The van der Waals surface area contributed by atoms with Crippen LogP contribution in [0.25, 0.3) is 0 Å². The van der Waals surface area contributed by atoms with Gasteiger partial charge in [0.15, 0.2) is 0 Å². The Labute approximate surface area is 126 Å². The zero-order valence-electron chi connectivity index (χ0n) is 12.1. The maximum absolute atomic E-state index is 12.8. The minimum atomic E-state index is -3.59. The number of piperidine rings is 1. The fourth-order valence-electron chi connectivity index (χ4n) is 2.63. The van der Waals surface area contributed by atoms with Crippen LogP contribution in [0.3, 0.4) is 0 Å². The van der Waals surface area contributed by atoms with Gasteiger partial charge < -0.3 is 5.73 Å². The van der Waals surface area contributed by atoms with Crippen LogP contribution in [0, 0.1) is 12.8 Å². The van der Waals surface area contributed by atoms with Crippen LogP contribution in [0.1, 0.15) is 32.3 Å². The number of sulfonamides is 1. The Kier molecular flexibility index (Phi) is 4.33. The van der Waals surface area contributed by atoms with Crippen molar-refractivity contribution in [3.8, 4) is 0 Å². The predicted molar refractivity (Wildman–Crippen MR) is 82.4 cm³/mol. The summed E-state index contributed by atoms with van der Waals surface area (Å²) < 4.78 is 27.2. The lowest BCUT2D eigenvalue weighted by Crippen LogP contribution is -2.45. The Morgan fingerprint density at radius 1 is 1.35 bits per heavy atom. The van der Waals surface area contributed by atoms with Gasteiger partial charge in [-0.2, -0.15) is 4.31 Å². The van der Waals surface area contributed by atoms with Crippen LogP contribution in [0.15, 0.2) is 17.0 Å². The van der Waals surface area contributed by atoms with E-state index < -0.39 is 10.0 Å². The molecule has 0 saturated carbocycles. The molecule has 2 rings (SSSR count). The lowest BCUT2D eigenvalue weighted by Gasteiger charge is -2.37. The van der Waals surface area contributed by atoms with Gasteiger partial charge in [-0.25, -0.2) is 8.42 Å². The number of hydrogen-bond acceptors (Lipinski definition) is 3. The molecule has 2 unspecified atom stereocenters. The molecule has 0 aliphatic carbocycles. The lowest BCUT2D eigenvalue weighted by molar-refractivity contribution is 0.202. The second-order valence-corrected chi connectivity index (χ2v) is 7.88. The lowest BCUT2D eigenvalue weighted by atomic mass is 9.94. The van der Waals surface area contributed by atoms with Gasteiger partial charge in [-0.3, -0.25) is 0 Å². The number of benzene rings is 1. The molecule has 0 amide bonds. The van der Waals surface area contributed by atoms with Crippen molar-refractivity contribution < 1.29 is 8.42 Å². The first-order chi connectivity index (χ1) is 9.25. The highest BCUT2D eigenvalue weighted by Gasteiger charge is 2.35. The van der Waals surface area contributed by atoms with E-state index in [1.165, 1.54) is 6.07 Å². The zero-order chi connectivity index (χ0) is 15.1. The van der Waals surface area contributed by atoms with Crippen LogP contribution in [-0.2, 0) is 10.0 Å². The molecule has 1 fully saturated rings. The second kappa shape index (κ2) is 5.54. The topological polar surface area (TPSA) is 63.4 Å². The highest BCUT2D eigenvalue weighted by molar-refractivity contribution is 7.89. The van der Waals surface area contributed by atoms with Gasteiger partial charge in [0.1, 0.15) is 4.90 Å². The van der Waals surface area contributed by atoms with E-state index in [9.17, 15) is 8.42 Å². The number of nitrogen functional groups attached to an aromatic ring is 1. The molecule has 1 saturated heterocycles.